The summed E-state index contributed by atoms with van der Waals surface area (Å²) in [5.74, 6) is 0.237. The van der Waals surface area contributed by atoms with Gasteiger partial charge in [-0.2, -0.15) is 0 Å². The van der Waals surface area contributed by atoms with E-state index in [1.807, 2.05) is 68.4 Å². The van der Waals surface area contributed by atoms with Gasteiger partial charge in [-0.3, -0.25) is 4.79 Å². The summed E-state index contributed by atoms with van der Waals surface area (Å²) in [6.45, 7) is 3.99. The molecule has 2 aromatic rings. The molecule has 1 amide bonds. The summed E-state index contributed by atoms with van der Waals surface area (Å²) >= 11 is 5.14. The van der Waals surface area contributed by atoms with E-state index in [-0.39, 0.29) is 5.91 Å². The van der Waals surface area contributed by atoms with Crippen molar-refractivity contribution in [2.24, 2.45) is 5.92 Å². The molecule has 5 heteroatoms. The molecule has 2 aromatic carbocycles. The number of nitrogens with one attached hydrogen (secondary N) is 3. The van der Waals surface area contributed by atoms with Gasteiger partial charge in [0.1, 0.15) is 0 Å². The molecule has 23 heavy (non-hydrogen) atoms. The van der Waals surface area contributed by atoms with E-state index in [2.05, 4.69) is 16.0 Å². The third-order valence-electron chi connectivity index (χ3n) is 3.05. The van der Waals surface area contributed by atoms with Crippen LogP contribution in [0.4, 0.5) is 17.1 Å². The predicted octanol–water partition coefficient (Wildman–Crippen LogP) is 4.29. The highest BCUT2D eigenvalue weighted by molar-refractivity contribution is 7.80. The SMILES string of the molecule is CC(C)CC(=O)NC(=S)Nc1ccc(Nc2ccccc2)cc1. The van der Waals surface area contributed by atoms with Crippen molar-refractivity contribution in [3.63, 3.8) is 0 Å². The average molecular weight is 327 g/mol. The van der Waals surface area contributed by atoms with Crippen LogP contribution in [0.2, 0.25) is 0 Å². The number of carbonyl (C=O) groups is 1. The second-order valence-corrected chi connectivity index (χ2v) is 6.08. The minimum absolute atomic E-state index is 0.0696. The van der Waals surface area contributed by atoms with Gasteiger partial charge < -0.3 is 16.0 Å². The molecule has 0 fully saturated rings. The monoisotopic (exact) mass is 327 g/mol. The Labute approximate surface area is 142 Å². The van der Waals surface area contributed by atoms with Crippen molar-refractivity contribution in [1.82, 2.24) is 5.32 Å². The lowest BCUT2D eigenvalue weighted by Gasteiger charge is -2.11. The fraction of sp³-hybridized carbons (Fsp3) is 0.222. The first kappa shape index (κ1) is 17.0. The van der Waals surface area contributed by atoms with Gasteiger partial charge in [-0.05, 0) is 54.5 Å². The molecule has 0 unspecified atom stereocenters. The van der Waals surface area contributed by atoms with Gasteiger partial charge in [0, 0.05) is 23.5 Å². The molecule has 0 aliphatic heterocycles. The van der Waals surface area contributed by atoms with Crippen LogP contribution in [0.15, 0.2) is 54.6 Å². The van der Waals surface area contributed by atoms with E-state index in [1.54, 1.807) is 0 Å². The minimum atomic E-state index is -0.0696. The fourth-order valence-corrected chi connectivity index (χ4v) is 2.27. The van der Waals surface area contributed by atoms with Crippen molar-refractivity contribution in [3.8, 4) is 0 Å². The highest BCUT2D eigenvalue weighted by atomic mass is 32.1. The van der Waals surface area contributed by atoms with Crippen molar-refractivity contribution in [3.05, 3.63) is 54.6 Å². The Balaban J connectivity index is 1.87. The van der Waals surface area contributed by atoms with Gasteiger partial charge in [0.25, 0.3) is 0 Å². The zero-order chi connectivity index (χ0) is 16.7. The molecule has 0 spiro atoms. The molecule has 2 rings (SSSR count). The summed E-state index contributed by atoms with van der Waals surface area (Å²) in [7, 11) is 0. The number of thiocarbonyl (C=S) groups is 1. The molecule has 0 aliphatic carbocycles. The lowest BCUT2D eigenvalue weighted by molar-refractivity contribution is -0.120. The summed E-state index contributed by atoms with van der Waals surface area (Å²) in [6, 6.07) is 17.7. The first-order valence-electron chi connectivity index (χ1n) is 7.56. The number of amides is 1. The Morgan fingerprint density at radius 2 is 1.52 bits per heavy atom. The van der Waals surface area contributed by atoms with Gasteiger partial charge in [-0.25, -0.2) is 0 Å². The van der Waals surface area contributed by atoms with Gasteiger partial charge in [-0.1, -0.05) is 32.0 Å². The number of hydrogen-bond donors (Lipinski definition) is 3. The largest absolute Gasteiger partial charge is 0.356 e. The van der Waals surface area contributed by atoms with Gasteiger partial charge in [0.05, 0.1) is 0 Å². The quantitative estimate of drug-likeness (QED) is 0.717. The zero-order valence-corrected chi connectivity index (χ0v) is 14.1. The van der Waals surface area contributed by atoms with Crippen molar-refractivity contribution in [2.75, 3.05) is 10.6 Å². The molecule has 0 bridgehead atoms. The molecule has 0 aromatic heterocycles. The smallest absolute Gasteiger partial charge is 0.226 e. The van der Waals surface area contributed by atoms with Crippen LogP contribution in [0.1, 0.15) is 20.3 Å². The Morgan fingerprint density at radius 3 is 2.13 bits per heavy atom. The maximum Gasteiger partial charge on any atom is 0.226 e. The minimum Gasteiger partial charge on any atom is -0.356 e. The number of benzene rings is 2. The summed E-state index contributed by atoms with van der Waals surface area (Å²) in [4.78, 5) is 11.7. The predicted molar refractivity (Wildman–Crippen MR) is 100.0 cm³/mol. The van der Waals surface area contributed by atoms with Crippen molar-refractivity contribution in [1.29, 1.82) is 0 Å². The van der Waals surface area contributed by atoms with E-state index in [1.165, 1.54) is 0 Å². The number of hydrogen-bond acceptors (Lipinski definition) is 3. The van der Waals surface area contributed by atoms with Crippen molar-refractivity contribution in [2.45, 2.75) is 20.3 Å². The molecule has 0 radical (unpaired) electrons. The topological polar surface area (TPSA) is 53.2 Å². The first-order valence-corrected chi connectivity index (χ1v) is 7.97. The maximum atomic E-state index is 11.7. The molecule has 0 heterocycles. The number of para-hydroxylation sites is 1. The zero-order valence-electron chi connectivity index (χ0n) is 13.3. The summed E-state index contributed by atoms with van der Waals surface area (Å²) in [5.41, 5.74) is 2.85. The number of rotatable bonds is 5. The summed E-state index contributed by atoms with van der Waals surface area (Å²) < 4.78 is 0. The van der Waals surface area contributed by atoms with E-state index in [0.717, 1.165) is 17.1 Å². The fourth-order valence-electron chi connectivity index (χ4n) is 2.04. The molecular formula is C18H21N3OS. The average Bonchev–Trinajstić information content (AvgIpc) is 2.49. The summed E-state index contributed by atoms with van der Waals surface area (Å²) in [6.07, 6.45) is 0.460. The van der Waals surface area contributed by atoms with Crippen LogP contribution >= 0.6 is 12.2 Å². The van der Waals surface area contributed by atoms with Gasteiger partial charge in [-0.15, -0.1) is 0 Å². The van der Waals surface area contributed by atoms with Crippen LogP contribution in [0.25, 0.3) is 0 Å². The normalized spacial score (nSPS) is 10.2. The van der Waals surface area contributed by atoms with Crippen LogP contribution in [0.5, 0.6) is 0 Å². The molecule has 0 saturated heterocycles. The van der Waals surface area contributed by atoms with Gasteiger partial charge >= 0.3 is 0 Å². The highest BCUT2D eigenvalue weighted by Gasteiger charge is 2.07. The lowest BCUT2D eigenvalue weighted by Crippen LogP contribution is -2.34. The molecule has 0 atom stereocenters. The molecule has 4 nitrogen and oxygen atoms in total. The molecule has 0 saturated carbocycles. The highest BCUT2D eigenvalue weighted by Crippen LogP contribution is 2.18. The molecule has 0 aliphatic rings. The lowest BCUT2D eigenvalue weighted by atomic mass is 10.1. The van der Waals surface area contributed by atoms with E-state index in [0.29, 0.717) is 17.5 Å². The second kappa shape index (κ2) is 8.29. The number of carbonyl (C=O) groups excluding carboxylic acids is 1. The standard InChI is InChI=1S/C18H21N3OS/c1-13(2)12-17(22)21-18(23)20-16-10-8-15(9-11-16)19-14-6-4-3-5-7-14/h3-11,13,19H,12H2,1-2H3,(H2,20,21,22,23). The van der Waals surface area contributed by atoms with Crippen LogP contribution < -0.4 is 16.0 Å². The van der Waals surface area contributed by atoms with E-state index >= 15 is 0 Å². The third-order valence-corrected chi connectivity index (χ3v) is 3.26. The Kier molecular flexibility index (Phi) is 6.11. The molecule has 120 valence electrons. The Bertz CT molecular complexity index is 654. The summed E-state index contributed by atoms with van der Waals surface area (Å²) in [5, 5.41) is 9.32. The van der Waals surface area contributed by atoms with Crippen molar-refractivity contribution < 1.29 is 4.79 Å². The second-order valence-electron chi connectivity index (χ2n) is 5.67. The van der Waals surface area contributed by atoms with Crippen molar-refractivity contribution >= 4 is 40.3 Å². The van der Waals surface area contributed by atoms with E-state index < -0.39 is 0 Å². The van der Waals surface area contributed by atoms with Crippen LogP contribution in [0.3, 0.4) is 0 Å². The van der Waals surface area contributed by atoms with Crippen LogP contribution in [-0.4, -0.2) is 11.0 Å². The van der Waals surface area contributed by atoms with Crippen LogP contribution in [0, 0.1) is 5.92 Å². The van der Waals surface area contributed by atoms with Gasteiger partial charge in [0.15, 0.2) is 5.11 Å². The molecular weight excluding hydrogens is 306 g/mol. The Morgan fingerprint density at radius 1 is 0.957 bits per heavy atom. The third kappa shape index (κ3) is 6.08. The maximum absolute atomic E-state index is 11.7. The van der Waals surface area contributed by atoms with Gasteiger partial charge in [0.2, 0.25) is 5.91 Å². The van der Waals surface area contributed by atoms with E-state index in [9.17, 15) is 4.79 Å². The number of anilines is 3. The van der Waals surface area contributed by atoms with Crippen LogP contribution in [-0.2, 0) is 4.79 Å². The Hall–Kier alpha value is -2.40. The molecule has 3 N–H and O–H groups in total. The first-order chi connectivity index (χ1) is 11.0. The van der Waals surface area contributed by atoms with E-state index in [4.69, 9.17) is 12.2 Å².